The lowest BCUT2D eigenvalue weighted by Gasteiger charge is -2.19. The normalized spacial score (nSPS) is 19.7. The first-order valence-corrected chi connectivity index (χ1v) is 7.55. The molecule has 0 radical (unpaired) electrons. The number of carbonyl (C=O) groups is 1. The first-order valence-electron chi connectivity index (χ1n) is 7.55. The Labute approximate surface area is 126 Å². The number of hydrogen-bond acceptors (Lipinski definition) is 3. The summed E-state index contributed by atoms with van der Waals surface area (Å²) >= 11 is 0. The fourth-order valence-corrected chi connectivity index (χ4v) is 3.03. The number of rotatable bonds is 4. The first kappa shape index (κ1) is 15.8. The molecule has 1 N–H and O–H groups in total. The van der Waals surface area contributed by atoms with Gasteiger partial charge in [-0.2, -0.15) is 0 Å². The molecule has 1 saturated heterocycles. The number of likely N-dealkylation sites (tertiary alicyclic amines) is 1. The average molecular weight is 291 g/mol. The zero-order valence-corrected chi connectivity index (χ0v) is 13.3. The minimum atomic E-state index is -0.356. The Kier molecular flexibility index (Phi) is 4.88. The van der Waals surface area contributed by atoms with E-state index in [1.807, 2.05) is 13.8 Å². The minimum absolute atomic E-state index is 0.00229. The summed E-state index contributed by atoms with van der Waals surface area (Å²) in [5, 5.41) is 9.59. The van der Waals surface area contributed by atoms with E-state index in [1.54, 1.807) is 11.8 Å². The maximum Gasteiger partial charge on any atom is 0.260 e. The number of benzene rings is 1. The highest BCUT2D eigenvalue weighted by atomic mass is 16.5. The summed E-state index contributed by atoms with van der Waals surface area (Å²) in [5.41, 5.74) is 3.31. The number of aliphatic hydroxyl groups is 1. The van der Waals surface area contributed by atoms with E-state index in [0.29, 0.717) is 13.1 Å². The van der Waals surface area contributed by atoms with Crippen LogP contribution in [0.5, 0.6) is 5.75 Å². The van der Waals surface area contributed by atoms with Crippen molar-refractivity contribution in [1.82, 2.24) is 4.90 Å². The number of carbonyl (C=O) groups excluding carboxylic acids is 1. The van der Waals surface area contributed by atoms with Crippen molar-refractivity contribution < 1.29 is 14.6 Å². The molecule has 0 bridgehead atoms. The van der Waals surface area contributed by atoms with E-state index in [-0.39, 0.29) is 24.5 Å². The SMILES string of the molecule is Cc1cc(C)c(OCC(=O)N2CCC(C(C)O)C2)c(C)c1. The van der Waals surface area contributed by atoms with E-state index in [2.05, 4.69) is 19.1 Å². The molecule has 1 aromatic carbocycles. The summed E-state index contributed by atoms with van der Waals surface area (Å²) in [6.07, 6.45) is 0.511. The maximum atomic E-state index is 12.2. The standard InChI is InChI=1S/C17H25NO3/c1-11-7-12(2)17(13(3)8-11)21-10-16(20)18-6-5-15(9-18)14(4)19/h7-8,14-15,19H,5-6,9-10H2,1-4H3. The van der Waals surface area contributed by atoms with Gasteiger partial charge in [-0.25, -0.2) is 0 Å². The molecular formula is C17H25NO3. The van der Waals surface area contributed by atoms with Crippen LogP contribution in [0, 0.1) is 26.7 Å². The second-order valence-electron chi connectivity index (χ2n) is 6.15. The van der Waals surface area contributed by atoms with E-state index in [9.17, 15) is 9.90 Å². The van der Waals surface area contributed by atoms with Crippen LogP contribution >= 0.6 is 0 Å². The highest BCUT2D eigenvalue weighted by Gasteiger charge is 2.29. The third-order valence-corrected chi connectivity index (χ3v) is 4.20. The summed E-state index contributed by atoms with van der Waals surface area (Å²) in [4.78, 5) is 14.0. The van der Waals surface area contributed by atoms with E-state index in [4.69, 9.17) is 4.74 Å². The van der Waals surface area contributed by atoms with Gasteiger partial charge in [0.25, 0.3) is 5.91 Å². The predicted octanol–water partition coefficient (Wildman–Crippen LogP) is 2.22. The van der Waals surface area contributed by atoms with Crippen molar-refractivity contribution in [2.24, 2.45) is 5.92 Å². The summed E-state index contributed by atoms with van der Waals surface area (Å²) in [6, 6.07) is 4.12. The van der Waals surface area contributed by atoms with Gasteiger partial charge in [-0.15, -0.1) is 0 Å². The molecule has 116 valence electrons. The molecule has 0 saturated carbocycles. The smallest absolute Gasteiger partial charge is 0.260 e. The van der Waals surface area contributed by atoms with Crippen LogP contribution in [0.4, 0.5) is 0 Å². The number of nitrogens with zero attached hydrogens (tertiary/aromatic N) is 1. The number of amides is 1. The van der Waals surface area contributed by atoms with Gasteiger partial charge in [0, 0.05) is 19.0 Å². The van der Waals surface area contributed by atoms with Crippen molar-refractivity contribution in [2.45, 2.75) is 40.2 Å². The summed E-state index contributed by atoms with van der Waals surface area (Å²) < 4.78 is 5.74. The van der Waals surface area contributed by atoms with Crippen molar-refractivity contribution in [2.75, 3.05) is 19.7 Å². The second-order valence-corrected chi connectivity index (χ2v) is 6.15. The largest absolute Gasteiger partial charge is 0.483 e. The van der Waals surface area contributed by atoms with Gasteiger partial charge in [0.05, 0.1) is 6.10 Å². The molecule has 21 heavy (non-hydrogen) atoms. The molecule has 4 nitrogen and oxygen atoms in total. The van der Waals surface area contributed by atoms with Crippen LogP contribution in [-0.2, 0) is 4.79 Å². The molecule has 0 aliphatic carbocycles. The van der Waals surface area contributed by atoms with Crippen LogP contribution in [0.2, 0.25) is 0 Å². The zero-order valence-electron chi connectivity index (χ0n) is 13.3. The van der Waals surface area contributed by atoms with Crippen LogP contribution in [0.3, 0.4) is 0 Å². The van der Waals surface area contributed by atoms with Crippen LogP contribution < -0.4 is 4.74 Å². The molecule has 0 spiro atoms. The Morgan fingerprint density at radius 3 is 2.52 bits per heavy atom. The number of hydrogen-bond donors (Lipinski definition) is 1. The second kappa shape index (κ2) is 6.48. The predicted molar refractivity (Wildman–Crippen MR) is 82.5 cm³/mol. The van der Waals surface area contributed by atoms with Crippen molar-refractivity contribution >= 4 is 5.91 Å². The number of ether oxygens (including phenoxy) is 1. The van der Waals surface area contributed by atoms with E-state index < -0.39 is 0 Å². The summed E-state index contributed by atoms with van der Waals surface area (Å²) in [6.45, 7) is 9.24. The van der Waals surface area contributed by atoms with E-state index in [0.717, 1.165) is 23.3 Å². The highest BCUT2D eigenvalue weighted by Crippen LogP contribution is 2.25. The lowest BCUT2D eigenvalue weighted by atomic mass is 10.0. The van der Waals surface area contributed by atoms with Gasteiger partial charge in [-0.05, 0) is 45.2 Å². The summed E-state index contributed by atoms with van der Waals surface area (Å²) in [5.74, 6) is 0.995. The molecule has 1 heterocycles. The quantitative estimate of drug-likeness (QED) is 0.925. The minimum Gasteiger partial charge on any atom is -0.483 e. The molecule has 2 atom stereocenters. The van der Waals surface area contributed by atoms with Crippen molar-refractivity contribution in [1.29, 1.82) is 0 Å². The summed E-state index contributed by atoms with van der Waals surface area (Å²) in [7, 11) is 0. The van der Waals surface area contributed by atoms with Gasteiger partial charge in [0.15, 0.2) is 6.61 Å². The number of aliphatic hydroxyl groups excluding tert-OH is 1. The molecule has 4 heteroatoms. The Morgan fingerprint density at radius 2 is 2.00 bits per heavy atom. The first-order chi connectivity index (χ1) is 9.88. The van der Waals surface area contributed by atoms with Gasteiger partial charge in [0.1, 0.15) is 5.75 Å². The Morgan fingerprint density at radius 1 is 1.38 bits per heavy atom. The Bertz CT molecular complexity index is 502. The Hall–Kier alpha value is -1.55. The Balaban J connectivity index is 1.93. The van der Waals surface area contributed by atoms with Gasteiger partial charge in [0.2, 0.25) is 0 Å². The van der Waals surface area contributed by atoms with Gasteiger partial charge in [-0.3, -0.25) is 4.79 Å². The highest BCUT2D eigenvalue weighted by molar-refractivity contribution is 5.78. The third kappa shape index (κ3) is 3.76. The van der Waals surface area contributed by atoms with Crippen molar-refractivity contribution in [3.8, 4) is 5.75 Å². The van der Waals surface area contributed by atoms with E-state index >= 15 is 0 Å². The fraction of sp³-hybridized carbons (Fsp3) is 0.588. The monoisotopic (exact) mass is 291 g/mol. The van der Waals surface area contributed by atoms with Gasteiger partial charge < -0.3 is 14.7 Å². The molecule has 2 unspecified atom stereocenters. The van der Waals surface area contributed by atoms with Crippen LogP contribution in [0.15, 0.2) is 12.1 Å². The lowest BCUT2D eigenvalue weighted by Crippen LogP contribution is -2.34. The molecule has 0 aromatic heterocycles. The lowest BCUT2D eigenvalue weighted by molar-refractivity contribution is -0.132. The molecule has 1 amide bonds. The maximum absolute atomic E-state index is 12.2. The average Bonchev–Trinajstić information content (AvgIpc) is 2.86. The topological polar surface area (TPSA) is 49.8 Å². The molecule has 1 aliphatic rings. The van der Waals surface area contributed by atoms with Crippen LogP contribution in [0.1, 0.15) is 30.0 Å². The zero-order chi connectivity index (χ0) is 15.6. The van der Waals surface area contributed by atoms with E-state index in [1.165, 1.54) is 5.56 Å². The van der Waals surface area contributed by atoms with Crippen molar-refractivity contribution in [3.63, 3.8) is 0 Å². The molecule has 1 aromatic rings. The van der Waals surface area contributed by atoms with Crippen molar-refractivity contribution in [3.05, 3.63) is 28.8 Å². The molecule has 2 rings (SSSR count). The molecule has 1 aliphatic heterocycles. The molecular weight excluding hydrogens is 266 g/mol. The van der Waals surface area contributed by atoms with Crippen LogP contribution in [0.25, 0.3) is 0 Å². The third-order valence-electron chi connectivity index (χ3n) is 4.20. The molecule has 1 fully saturated rings. The van der Waals surface area contributed by atoms with Crippen LogP contribution in [-0.4, -0.2) is 41.7 Å². The van der Waals surface area contributed by atoms with Gasteiger partial charge >= 0.3 is 0 Å². The fourth-order valence-electron chi connectivity index (χ4n) is 3.03. The van der Waals surface area contributed by atoms with Gasteiger partial charge in [-0.1, -0.05) is 17.7 Å². The number of aryl methyl sites for hydroxylation is 3.